The number of hydrogen-bond donors (Lipinski definition) is 4. The van der Waals surface area contributed by atoms with E-state index in [1.807, 2.05) is 30.3 Å². The van der Waals surface area contributed by atoms with Crippen LogP contribution in [0.4, 0.5) is 0 Å². The predicted molar refractivity (Wildman–Crippen MR) is 127 cm³/mol. The first kappa shape index (κ1) is 26.8. The summed E-state index contributed by atoms with van der Waals surface area (Å²) in [4.78, 5) is 39.1. The fourth-order valence-corrected chi connectivity index (χ4v) is 4.43. The molecule has 3 atom stereocenters. The van der Waals surface area contributed by atoms with Crippen molar-refractivity contribution in [3.05, 3.63) is 35.9 Å². The molecule has 1 aromatic carbocycles. The van der Waals surface area contributed by atoms with E-state index in [4.69, 9.17) is 5.73 Å². The summed E-state index contributed by atoms with van der Waals surface area (Å²) in [7, 11) is 0. The molecule has 1 aliphatic rings. The molecule has 2 rings (SSSR count). The molecule has 0 radical (unpaired) electrons. The number of rotatable bonds is 12. The third-order valence-corrected chi connectivity index (χ3v) is 6.33. The van der Waals surface area contributed by atoms with Gasteiger partial charge in [0, 0.05) is 6.54 Å². The molecule has 5 N–H and O–H groups in total. The van der Waals surface area contributed by atoms with Crippen LogP contribution in [0.3, 0.4) is 0 Å². The summed E-state index contributed by atoms with van der Waals surface area (Å²) in [5.74, 6) is -2.32. The zero-order chi connectivity index (χ0) is 24.1. The number of aliphatic carboxylic acids is 2. The number of carbonyl (C=O) groups excluding carboxylic acids is 1. The molecule has 2 unspecified atom stereocenters. The van der Waals surface area contributed by atoms with Crippen molar-refractivity contribution in [3.8, 4) is 0 Å². The van der Waals surface area contributed by atoms with Crippen molar-refractivity contribution in [1.29, 1.82) is 0 Å². The molecule has 8 nitrogen and oxygen atoms in total. The number of carbonyl (C=O) groups is 3. The molecule has 184 valence electrons. The van der Waals surface area contributed by atoms with Crippen molar-refractivity contribution in [2.24, 2.45) is 5.73 Å². The molecule has 1 aromatic rings. The van der Waals surface area contributed by atoms with Crippen LogP contribution in [-0.2, 0) is 20.8 Å². The summed E-state index contributed by atoms with van der Waals surface area (Å²) in [6, 6.07) is 7.10. The highest BCUT2D eigenvalue weighted by molar-refractivity contribution is 5.87. The Labute approximate surface area is 196 Å². The van der Waals surface area contributed by atoms with E-state index in [0.29, 0.717) is 45.2 Å². The average molecular weight is 462 g/mol. The van der Waals surface area contributed by atoms with Crippen LogP contribution in [0, 0.1) is 0 Å². The summed E-state index contributed by atoms with van der Waals surface area (Å²) >= 11 is 0. The number of nitrogens with two attached hydrogens (primary N) is 1. The normalized spacial score (nSPS) is 19.1. The molecule has 33 heavy (non-hydrogen) atoms. The van der Waals surface area contributed by atoms with Gasteiger partial charge in [-0.25, -0.2) is 4.79 Å². The Bertz CT molecular complexity index is 743. The van der Waals surface area contributed by atoms with Gasteiger partial charge in [0.05, 0.1) is 6.04 Å². The zero-order valence-electron chi connectivity index (χ0n) is 19.5. The molecule has 1 heterocycles. The molecular formula is C25H39N3O5. The first-order valence-electron chi connectivity index (χ1n) is 12.2. The van der Waals surface area contributed by atoms with Crippen LogP contribution in [0.1, 0.15) is 69.8 Å². The van der Waals surface area contributed by atoms with Crippen molar-refractivity contribution in [2.75, 3.05) is 13.1 Å². The highest BCUT2D eigenvalue weighted by Gasteiger charge is 2.35. The van der Waals surface area contributed by atoms with E-state index in [9.17, 15) is 24.6 Å². The maximum atomic E-state index is 13.6. The summed E-state index contributed by atoms with van der Waals surface area (Å²) < 4.78 is 0. The third-order valence-electron chi connectivity index (χ3n) is 6.33. The molecule has 0 bridgehead atoms. The zero-order valence-corrected chi connectivity index (χ0v) is 19.5. The number of carboxylic acids is 2. The number of hydrogen-bond acceptors (Lipinski definition) is 5. The standard InChI is InChI=1S/C25H39N3O5/c26-17-9-8-13-20(27-21(24(30)31)16-15-19-11-5-4-6-12-19)23(29)28-18-10-3-1-2-7-14-22(28)25(32)33/h4-6,11-12,20-22,27H,1-3,7-10,13-18,26H2,(H,30,31)(H,32,33)/t20-,21?,22?/m0/s1. The second-order valence-electron chi connectivity index (χ2n) is 8.86. The highest BCUT2D eigenvalue weighted by atomic mass is 16.4. The topological polar surface area (TPSA) is 133 Å². The Hall–Kier alpha value is -2.45. The van der Waals surface area contributed by atoms with E-state index in [2.05, 4.69) is 5.32 Å². The number of aryl methyl sites for hydroxylation is 1. The van der Waals surface area contributed by atoms with Gasteiger partial charge < -0.3 is 20.8 Å². The van der Waals surface area contributed by atoms with E-state index in [1.165, 1.54) is 4.90 Å². The smallest absolute Gasteiger partial charge is 0.326 e. The minimum Gasteiger partial charge on any atom is -0.480 e. The number of benzene rings is 1. The van der Waals surface area contributed by atoms with Gasteiger partial charge in [0.25, 0.3) is 0 Å². The number of nitrogens with zero attached hydrogens (tertiary/aromatic N) is 1. The van der Waals surface area contributed by atoms with Gasteiger partial charge in [0.15, 0.2) is 0 Å². The van der Waals surface area contributed by atoms with E-state index < -0.39 is 30.1 Å². The second-order valence-corrected chi connectivity index (χ2v) is 8.86. The van der Waals surface area contributed by atoms with Gasteiger partial charge in [-0.2, -0.15) is 0 Å². The third kappa shape index (κ3) is 9.14. The Kier molecular flexibility index (Phi) is 11.9. The lowest BCUT2D eigenvalue weighted by Gasteiger charge is -2.33. The number of amides is 1. The molecular weight excluding hydrogens is 422 g/mol. The first-order chi connectivity index (χ1) is 15.9. The maximum Gasteiger partial charge on any atom is 0.326 e. The fourth-order valence-electron chi connectivity index (χ4n) is 4.43. The van der Waals surface area contributed by atoms with Crippen LogP contribution in [-0.4, -0.2) is 64.2 Å². The molecule has 1 fully saturated rings. The molecule has 1 aliphatic heterocycles. The summed E-state index contributed by atoms with van der Waals surface area (Å²) in [5.41, 5.74) is 6.65. The van der Waals surface area contributed by atoms with Gasteiger partial charge in [-0.3, -0.25) is 14.9 Å². The Balaban J connectivity index is 2.18. The SMILES string of the molecule is NCCCC[C@H](NC(CCc1ccccc1)C(=O)O)C(=O)N1CCCCCCCC1C(=O)O. The lowest BCUT2D eigenvalue weighted by molar-refractivity contribution is -0.152. The second kappa shape index (κ2) is 14.6. The molecule has 8 heteroatoms. The van der Waals surface area contributed by atoms with Crippen LogP contribution in [0.25, 0.3) is 0 Å². The lowest BCUT2D eigenvalue weighted by Crippen LogP contribution is -2.56. The minimum absolute atomic E-state index is 0.313. The fraction of sp³-hybridized carbons (Fsp3) is 0.640. The molecule has 0 aliphatic carbocycles. The Morgan fingerprint density at radius 2 is 1.67 bits per heavy atom. The van der Waals surface area contributed by atoms with Gasteiger partial charge >= 0.3 is 11.9 Å². The van der Waals surface area contributed by atoms with Gasteiger partial charge in [-0.15, -0.1) is 0 Å². The van der Waals surface area contributed by atoms with Crippen LogP contribution < -0.4 is 11.1 Å². The lowest BCUT2D eigenvalue weighted by atomic mass is 10.0. The van der Waals surface area contributed by atoms with Crippen molar-refractivity contribution in [1.82, 2.24) is 10.2 Å². The van der Waals surface area contributed by atoms with Crippen molar-refractivity contribution in [3.63, 3.8) is 0 Å². The monoisotopic (exact) mass is 461 g/mol. The summed E-state index contributed by atoms with van der Waals surface area (Å²) in [6.45, 7) is 0.866. The summed E-state index contributed by atoms with van der Waals surface area (Å²) in [6.07, 6.45) is 7.60. The highest BCUT2D eigenvalue weighted by Crippen LogP contribution is 2.20. The maximum absolute atomic E-state index is 13.6. The number of unbranched alkanes of at least 4 members (excludes halogenated alkanes) is 1. The van der Waals surface area contributed by atoms with Crippen LogP contribution >= 0.6 is 0 Å². The van der Waals surface area contributed by atoms with Gasteiger partial charge in [0.2, 0.25) is 5.91 Å². The average Bonchev–Trinajstić information content (AvgIpc) is 2.93. The van der Waals surface area contributed by atoms with Crippen LogP contribution in [0.2, 0.25) is 0 Å². The van der Waals surface area contributed by atoms with Crippen molar-refractivity contribution < 1.29 is 24.6 Å². The van der Waals surface area contributed by atoms with E-state index in [0.717, 1.165) is 44.1 Å². The van der Waals surface area contributed by atoms with Gasteiger partial charge in [-0.1, -0.05) is 62.4 Å². The molecule has 0 aromatic heterocycles. The van der Waals surface area contributed by atoms with Gasteiger partial charge in [0.1, 0.15) is 12.1 Å². The minimum atomic E-state index is -1.01. The molecule has 0 saturated carbocycles. The van der Waals surface area contributed by atoms with Crippen LogP contribution in [0.15, 0.2) is 30.3 Å². The first-order valence-corrected chi connectivity index (χ1v) is 12.2. The number of nitrogens with one attached hydrogen (secondary N) is 1. The van der Waals surface area contributed by atoms with Crippen LogP contribution in [0.5, 0.6) is 0 Å². The van der Waals surface area contributed by atoms with Crippen molar-refractivity contribution >= 4 is 17.8 Å². The predicted octanol–water partition coefficient (Wildman–Crippen LogP) is 2.80. The quantitative estimate of drug-likeness (QED) is 0.352. The molecule has 1 amide bonds. The Morgan fingerprint density at radius 1 is 0.970 bits per heavy atom. The molecule has 1 saturated heterocycles. The molecule has 0 spiro atoms. The van der Waals surface area contributed by atoms with E-state index in [-0.39, 0.29) is 5.91 Å². The Morgan fingerprint density at radius 3 is 2.33 bits per heavy atom. The number of carboxylic acid groups (broad SMARTS) is 2. The largest absolute Gasteiger partial charge is 0.480 e. The van der Waals surface area contributed by atoms with Crippen molar-refractivity contribution in [2.45, 2.75) is 88.8 Å². The van der Waals surface area contributed by atoms with E-state index in [1.54, 1.807) is 0 Å². The van der Waals surface area contributed by atoms with Gasteiger partial charge in [-0.05, 0) is 50.6 Å². The van der Waals surface area contributed by atoms with E-state index >= 15 is 0 Å². The summed E-state index contributed by atoms with van der Waals surface area (Å²) in [5, 5.41) is 22.7.